The molecule has 2 rings (SSSR count). The minimum absolute atomic E-state index is 0.406. The molecular weight excluding hydrogens is 284 g/mol. The molecule has 0 bridgehead atoms. The van der Waals surface area contributed by atoms with Crippen molar-refractivity contribution < 1.29 is 0 Å². The molecule has 1 aliphatic rings. The lowest BCUT2D eigenvalue weighted by molar-refractivity contribution is 0.243. The highest BCUT2D eigenvalue weighted by atomic mass is 79.9. The maximum atomic E-state index is 5.93. The van der Waals surface area contributed by atoms with Crippen molar-refractivity contribution in [2.75, 3.05) is 19.6 Å². The van der Waals surface area contributed by atoms with Gasteiger partial charge in [0.25, 0.3) is 0 Å². The largest absolute Gasteiger partial charge is 0.329 e. The second-order valence-electron chi connectivity index (χ2n) is 4.83. The first-order chi connectivity index (χ1) is 7.61. The van der Waals surface area contributed by atoms with Gasteiger partial charge in [0, 0.05) is 34.4 Å². The summed E-state index contributed by atoms with van der Waals surface area (Å²) >= 11 is 5.32. The molecule has 0 saturated carbocycles. The molecule has 4 heteroatoms. The molecule has 90 valence electrons. The van der Waals surface area contributed by atoms with E-state index in [1.807, 2.05) is 0 Å². The molecule has 0 aliphatic carbocycles. The quantitative estimate of drug-likeness (QED) is 0.930. The van der Waals surface area contributed by atoms with E-state index in [2.05, 4.69) is 46.1 Å². The molecule has 3 atom stereocenters. The monoisotopic (exact) mass is 302 g/mol. The second-order valence-corrected chi connectivity index (χ2v) is 6.69. The summed E-state index contributed by atoms with van der Waals surface area (Å²) in [7, 11) is 0. The van der Waals surface area contributed by atoms with E-state index in [0.717, 1.165) is 11.8 Å². The Hall–Kier alpha value is 0.1000. The highest BCUT2D eigenvalue weighted by molar-refractivity contribution is 9.10. The highest BCUT2D eigenvalue weighted by Crippen LogP contribution is 2.34. The summed E-state index contributed by atoms with van der Waals surface area (Å²) in [6, 6.07) is 2.61. The zero-order valence-corrected chi connectivity index (χ0v) is 12.2. The third-order valence-electron chi connectivity index (χ3n) is 3.60. The van der Waals surface area contributed by atoms with E-state index in [0.29, 0.717) is 12.6 Å². The van der Waals surface area contributed by atoms with Gasteiger partial charge >= 0.3 is 0 Å². The fourth-order valence-corrected chi connectivity index (χ4v) is 3.97. The Kier molecular flexibility index (Phi) is 4.06. The van der Waals surface area contributed by atoms with Gasteiger partial charge in [0.2, 0.25) is 0 Å². The van der Waals surface area contributed by atoms with Crippen LogP contribution in [0.25, 0.3) is 0 Å². The molecule has 3 unspecified atom stereocenters. The zero-order chi connectivity index (χ0) is 11.7. The van der Waals surface area contributed by atoms with E-state index in [-0.39, 0.29) is 0 Å². The van der Waals surface area contributed by atoms with Gasteiger partial charge < -0.3 is 5.73 Å². The van der Waals surface area contributed by atoms with Gasteiger partial charge in [-0.05, 0) is 33.8 Å². The van der Waals surface area contributed by atoms with Crippen molar-refractivity contribution in [3.8, 4) is 0 Å². The predicted octanol–water partition coefficient (Wildman–Crippen LogP) is 3.10. The molecule has 2 nitrogen and oxygen atoms in total. The highest BCUT2D eigenvalue weighted by Gasteiger charge is 2.31. The van der Waals surface area contributed by atoms with Crippen LogP contribution in [0.3, 0.4) is 0 Å². The molecule has 1 aliphatic heterocycles. The summed E-state index contributed by atoms with van der Waals surface area (Å²) in [6.45, 7) is 7.74. The summed E-state index contributed by atoms with van der Waals surface area (Å²) < 4.78 is 1.17. The minimum Gasteiger partial charge on any atom is -0.329 e. The topological polar surface area (TPSA) is 29.3 Å². The van der Waals surface area contributed by atoms with Gasteiger partial charge in [0.05, 0.1) is 6.04 Å². The van der Waals surface area contributed by atoms with Gasteiger partial charge in [-0.1, -0.05) is 13.8 Å². The number of halogens is 1. The minimum atomic E-state index is 0.406. The Bertz CT molecular complexity index is 343. The number of nitrogens with two attached hydrogens (primary N) is 1. The van der Waals surface area contributed by atoms with Crippen molar-refractivity contribution in [1.29, 1.82) is 0 Å². The van der Waals surface area contributed by atoms with E-state index >= 15 is 0 Å². The van der Waals surface area contributed by atoms with Crippen LogP contribution in [0, 0.1) is 11.8 Å². The zero-order valence-electron chi connectivity index (χ0n) is 9.82. The maximum absolute atomic E-state index is 5.93. The normalized spacial score (nSPS) is 28.5. The Morgan fingerprint density at radius 2 is 2.12 bits per heavy atom. The van der Waals surface area contributed by atoms with Crippen LogP contribution >= 0.6 is 27.3 Å². The molecule has 1 aromatic heterocycles. The van der Waals surface area contributed by atoms with Crippen LogP contribution in [0.4, 0.5) is 0 Å². The van der Waals surface area contributed by atoms with Crippen LogP contribution in [0.15, 0.2) is 15.9 Å². The molecule has 0 spiro atoms. The van der Waals surface area contributed by atoms with Crippen molar-refractivity contribution in [2.45, 2.75) is 19.9 Å². The van der Waals surface area contributed by atoms with E-state index in [9.17, 15) is 0 Å². The van der Waals surface area contributed by atoms with Crippen molar-refractivity contribution >= 4 is 27.3 Å². The molecule has 1 fully saturated rings. The third-order valence-corrected chi connectivity index (χ3v) is 5.39. The summed E-state index contributed by atoms with van der Waals surface area (Å²) in [5.74, 6) is 1.58. The molecule has 2 heterocycles. The van der Waals surface area contributed by atoms with Crippen LogP contribution in [-0.4, -0.2) is 24.5 Å². The van der Waals surface area contributed by atoms with Gasteiger partial charge in [-0.15, -0.1) is 11.3 Å². The Morgan fingerprint density at radius 3 is 2.56 bits per heavy atom. The second kappa shape index (κ2) is 5.17. The average molecular weight is 303 g/mol. The van der Waals surface area contributed by atoms with Gasteiger partial charge in [-0.25, -0.2) is 0 Å². The number of nitrogens with zero attached hydrogens (tertiary/aromatic N) is 1. The van der Waals surface area contributed by atoms with E-state index in [4.69, 9.17) is 5.73 Å². The number of thiophene rings is 1. The smallest absolute Gasteiger partial charge is 0.0564 e. The molecule has 2 N–H and O–H groups in total. The van der Waals surface area contributed by atoms with Gasteiger partial charge in [-0.2, -0.15) is 0 Å². The van der Waals surface area contributed by atoms with Crippen LogP contribution < -0.4 is 5.73 Å². The Labute approximate surface area is 110 Å². The SMILES string of the molecule is CC1CN(C(CN)c2cc(Br)cs2)CC1C. The van der Waals surface area contributed by atoms with Gasteiger partial charge in [0.15, 0.2) is 0 Å². The van der Waals surface area contributed by atoms with Crippen molar-refractivity contribution in [3.05, 3.63) is 20.8 Å². The van der Waals surface area contributed by atoms with Gasteiger partial charge in [0.1, 0.15) is 0 Å². The van der Waals surface area contributed by atoms with Crippen LogP contribution in [0.2, 0.25) is 0 Å². The standard InChI is InChI=1S/C12H19BrN2S/c1-8-5-15(6-9(8)2)11(4-14)12-3-10(13)7-16-12/h3,7-9,11H,4-6,14H2,1-2H3. The fraction of sp³-hybridized carbons (Fsp3) is 0.667. The lowest BCUT2D eigenvalue weighted by Gasteiger charge is -2.25. The van der Waals surface area contributed by atoms with Crippen molar-refractivity contribution in [2.24, 2.45) is 17.6 Å². The third kappa shape index (κ3) is 2.50. The van der Waals surface area contributed by atoms with Crippen molar-refractivity contribution in [3.63, 3.8) is 0 Å². The summed E-state index contributed by atoms with van der Waals surface area (Å²) in [6.07, 6.45) is 0. The predicted molar refractivity (Wildman–Crippen MR) is 73.7 cm³/mol. The first-order valence-corrected chi connectivity index (χ1v) is 7.47. The van der Waals surface area contributed by atoms with Crippen molar-refractivity contribution in [1.82, 2.24) is 4.90 Å². The van der Waals surface area contributed by atoms with Crippen LogP contribution in [-0.2, 0) is 0 Å². The van der Waals surface area contributed by atoms with Gasteiger partial charge in [-0.3, -0.25) is 4.90 Å². The average Bonchev–Trinajstić information content (AvgIpc) is 2.77. The Balaban J connectivity index is 2.12. The fourth-order valence-electron chi connectivity index (χ4n) is 2.38. The molecular formula is C12H19BrN2S. The lowest BCUT2D eigenvalue weighted by Crippen LogP contribution is -2.31. The number of hydrogen-bond acceptors (Lipinski definition) is 3. The van der Waals surface area contributed by atoms with E-state index < -0.39 is 0 Å². The van der Waals surface area contributed by atoms with E-state index in [1.54, 1.807) is 11.3 Å². The van der Waals surface area contributed by atoms with Crippen LogP contribution in [0.5, 0.6) is 0 Å². The van der Waals surface area contributed by atoms with Crippen LogP contribution in [0.1, 0.15) is 24.8 Å². The number of rotatable bonds is 3. The molecule has 1 aromatic rings. The molecule has 0 radical (unpaired) electrons. The first kappa shape index (κ1) is 12.6. The first-order valence-electron chi connectivity index (χ1n) is 5.80. The Morgan fingerprint density at radius 1 is 1.50 bits per heavy atom. The number of likely N-dealkylation sites (tertiary alicyclic amines) is 1. The summed E-state index contributed by atoms with van der Waals surface area (Å²) in [5.41, 5.74) is 5.93. The summed E-state index contributed by atoms with van der Waals surface area (Å²) in [5, 5.41) is 2.14. The molecule has 16 heavy (non-hydrogen) atoms. The number of hydrogen-bond donors (Lipinski definition) is 1. The maximum Gasteiger partial charge on any atom is 0.0564 e. The lowest BCUT2D eigenvalue weighted by atomic mass is 10.0. The molecule has 0 aromatic carbocycles. The van der Waals surface area contributed by atoms with E-state index in [1.165, 1.54) is 22.4 Å². The summed E-state index contributed by atoms with van der Waals surface area (Å²) in [4.78, 5) is 3.92. The molecule has 0 amide bonds. The molecule has 1 saturated heterocycles.